The molecule has 1 aromatic heterocycles. The summed E-state index contributed by atoms with van der Waals surface area (Å²) in [7, 11) is 0. The average Bonchev–Trinajstić information content (AvgIpc) is 2.81. The Labute approximate surface area is 130 Å². The summed E-state index contributed by atoms with van der Waals surface area (Å²) >= 11 is 6.78. The van der Waals surface area contributed by atoms with Gasteiger partial charge < -0.3 is 10.1 Å². The summed E-state index contributed by atoms with van der Waals surface area (Å²) in [5, 5.41) is 13.4. The molecule has 1 aromatic carbocycles. The monoisotopic (exact) mass is 353 g/mol. The first kappa shape index (κ1) is 16.3. The van der Waals surface area contributed by atoms with Gasteiger partial charge in [0.15, 0.2) is 10.2 Å². The van der Waals surface area contributed by atoms with Crippen molar-refractivity contribution >= 4 is 34.3 Å². The van der Waals surface area contributed by atoms with Crippen LogP contribution in [0.4, 0.5) is 24.5 Å². The number of nitrogens with one attached hydrogen (secondary N) is 1. The van der Waals surface area contributed by atoms with Gasteiger partial charge in [-0.25, -0.2) is 4.98 Å². The molecule has 11 heteroatoms. The number of nitro benzene ring substituents is 1. The van der Waals surface area contributed by atoms with Crippen molar-refractivity contribution in [2.75, 3.05) is 5.32 Å². The maximum atomic E-state index is 12.3. The van der Waals surface area contributed by atoms with E-state index >= 15 is 0 Å². The Balaban J connectivity index is 2.24. The summed E-state index contributed by atoms with van der Waals surface area (Å²) in [4.78, 5) is 14.4. The van der Waals surface area contributed by atoms with Gasteiger partial charge in [-0.3, -0.25) is 10.1 Å². The van der Waals surface area contributed by atoms with Gasteiger partial charge in [-0.1, -0.05) is 11.6 Å². The van der Waals surface area contributed by atoms with Crippen LogP contribution in [0.3, 0.4) is 0 Å². The minimum Gasteiger partial charge on any atom is -0.404 e. The van der Waals surface area contributed by atoms with Gasteiger partial charge in [-0.15, -0.1) is 24.5 Å². The second kappa shape index (κ2) is 6.36. The number of alkyl halides is 3. The highest BCUT2D eigenvalue weighted by atomic mass is 35.5. The molecule has 0 bridgehead atoms. The van der Waals surface area contributed by atoms with Crippen LogP contribution in [0.2, 0.25) is 4.47 Å². The number of halogens is 4. The Morgan fingerprint density at radius 3 is 2.73 bits per heavy atom. The normalized spacial score (nSPS) is 11.3. The van der Waals surface area contributed by atoms with E-state index in [1.165, 1.54) is 6.20 Å². The molecule has 6 nitrogen and oxygen atoms in total. The fraction of sp³-hybridized carbons (Fsp3) is 0.182. The van der Waals surface area contributed by atoms with Crippen LogP contribution in [0, 0.1) is 10.1 Å². The molecule has 0 amide bonds. The number of non-ortho nitro benzene ring substituents is 1. The number of aromatic nitrogens is 1. The van der Waals surface area contributed by atoms with Crippen LogP contribution in [-0.2, 0) is 6.54 Å². The summed E-state index contributed by atoms with van der Waals surface area (Å²) in [6.45, 7) is 0.0970. The van der Waals surface area contributed by atoms with Crippen molar-refractivity contribution in [3.05, 3.63) is 43.9 Å². The minimum atomic E-state index is -4.90. The van der Waals surface area contributed by atoms with Crippen LogP contribution in [0.25, 0.3) is 0 Å². The molecule has 0 saturated heterocycles. The summed E-state index contributed by atoms with van der Waals surface area (Å²) < 4.78 is 41.1. The molecule has 0 fully saturated rings. The van der Waals surface area contributed by atoms with Crippen molar-refractivity contribution in [2.24, 2.45) is 0 Å². The molecule has 0 aliphatic carbocycles. The third-order valence-corrected chi connectivity index (χ3v) is 3.49. The largest absolute Gasteiger partial charge is 0.573 e. The highest BCUT2D eigenvalue weighted by Crippen LogP contribution is 2.34. The Morgan fingerprint density at radius 1 is 1.45 bits per heavy atom. The highest BCUT2D eigenvalue weighted by Gasteiger charge is 2.32. The minimum absolute atomic E-state index is 0.0970. The van der Waals surface area contributed by atoms with Crippen LogP contribution in [0.1, 0.15) is 4.88 Å². The molecular formula is C11H7ClF3N3O3S. The van der Waals surface area contributed by atoms with Crippen molar-refractivity contribution in [1.29, 1.82) is 0 Å². The quantitative estimate of drug-likeness (QED) is 0.643. The number of hydrogen-bond acceptors (Lipinski definition) is 6. The maximum absolute atomic E-state index is 12.3. The lowest BCUT2D eigenvalue weighted by Crippen LogP contribution is -2.18. The number of benzene rings is 1. The zero-order valence-electron chi connectivity index (χ0n) is 10.6. The molecule has 2 rings (SSSR count). The predicted octanol–water partition coefficient (Wildman–Crippen LogP) is 4.22. The second-order valence-corrected chi connectivity index (χ2v) is 5.62. The third-order valence-electron chi connectivity index (χ3n) is 2.38. The summed E-state index contributed by atoms with van der Waals surface area (Å²) in [6.07, 6.45) is -3.46. The Bertz CT molecular complexity index is 693. The lowest BCUT2D eigenvalue weighted by Gasteiger charge is -2.14. The zero-order valence-corrected chi connectivity index (χ0v) is 12.1. The molecular weight excluding hydrogens is 347 g/mol. The molecule has 1 heterocycles. The van der Waals surface area contributed by atoms with E-state index in [0.29, 0.717) is 4.88 Å². The predicted molar refractivity (Wildman–Crippen MR) is 74.2 cm³/mol. The van der Waals surface area contributed by atoms with E-state index in [4.69, 9.17) is 11.6 Å². The lowest BCUT2D eigenvalue weighted by molar-refractivity contribution is -0.384. The summed E-state index contributed by atoms with van der Waals surface area (Å²) in [6, 6.07) is 2.77. The van der Waals surface area contributed by atoms with Crippen LogP contribution in [-0.4, -0.2) is 16.3 Å². The number of anilines is 1. The lowest BCUT2D eigenvalue weighted by atomic mass is 10.2. The molecule has 0 radical (unpaired) electrons. The molecule has 2 aromatic rings. The van der Waals surface area contributed by atoms with Crippen molar-refractivity contribution < 1.29 is 22.8 Å². The van der Waals surface area contributed by atoms with E-state index in [1.807, 2.05) is 0 Å². The number of nitrogens with zero attached hydrogens (tertiary/aromatic N) is 2. The smallest absolute Gasteiger partial charge is 0.404 e. The summed E-state index contributed by atoms with van der Waals surface area (Å²) in [5.74, 6) is -0.561. The van der Waals surface area contributed by atoms with Gasteiger partial charge in [0, 0.05) is 23.2 Å². The number of ether oxygens (including phenoxy) is 1. The topological polar surface area (TPSA) is 77.3 Å². The fourth-order valence-electron chi connectivity index (χ4n) is 1.53. The molecule has 0 unspecified atom stereocenters. The summed E-state index contributed by atoms with van der Waals surface area (Å²) in [5.41, 5.74) is -0.518. The highest BCUT2D eigenvalue weighted by molar-refractivity contribution is 7.15. The molecule has 118 valence electrons. The van der Waals surface area contributed by atoms with E-state index in [0.717, 1.165) is 29.5 Å². The van der Waals surface area contributed by atoms with Crippen molar-refractivity contribution in [1.82, 2.24) is 4.98 Å². The second-order valence-electron chi connectivity index (χ2n) is 3.92. The van der Waals surface area contributed by atoms with Crippen molar-refractivity contribution in [3.63, 3.8) is 0 Å². The molecule has 0 spiro atoms. The molecule has 1 N–H and O–H groups in total. The Kier molecular flexibility index (Phi) is 4.71. The first-order valence-corrected chi connectivity index (χ1v) is 6.82. The number of hydrogen-bond donors (Lipinski definition) is 1. The van der Waals surface area contributed by atoms with E-state index in [2.05, 4.69) is 15.0 Å². The SMILES string of the molecule is O=[N+]([O-])c1ccc(OC(F)(F)F)c(NCc2cnc(Cl)s2)c1. The van der Waals surface area contributed by atoms with Gasteiger partial charge in [0.1, 0.15) is 0 Å². The molecule has 0 atom stereocenters. The van der Waals surface area contributed by atoms with Gasteiger partial charge in [-0.2, -0.15) is 0 Å². The van der Waals surface area contributed by atoms with E-state index in [1.54, 1.807) is 0 Å². The van der Waals surface area contributed by atoms with Crippen LogP contribution < -0.4 is 10.1 Å². The molecule has 0 saturated carbocycles. The molecule has 0 aliphatic heterocycles. The number of nitro groups is 1. The Morgan fingerprint density at radius 2 is 2.18 bits per heavy atom. The van der Waals surface area contributed by atoms with Gasteiger partial charge in [0.25, 0.3) is 5.69 Å². The standard InChI is InChI=1S/C11H7ClF3N3O3S/c12-10-17-5-7(22-10)4-16-8-3-6(18(19)20)1-2-9(8)21-11(13,14)15/h1-3,5,16H,4H2. The van der Waals surface area contributed by atoms with Crippen molar-refractivity contribution in [3.8, 4) is 5.75 Å². The van der Waals surface area contributed by atoms with Gasteiger partial charge in [0.2, 0.25) is 0 Å². The number of thiazole rings is 1. The fourth-order valence-corrected chi connectivity index (χ4v) is 2.45. The Hall–Kier alpha value is -2.07. The van der Waals surface area contributed by atoms with Crippen LogP contribution in [0.15, 0.2) is 24.4 Å². The number of rotatable bonds is 5. The zero-order chi connectivity index (χ0) is 16.3. The molecule has 22 heavy (non-hydrogen) atoms. The van der Waals surface area contributed by atoms with Crippen molar-refractivity contribution in [2.45, 2.75) is 12.9 Å². The van der Waals surface area contributed by atoms with E-state index in [9.17, 15) is 23.3 Å². The van der Waals surface area contributed by atoms with Gasteiger partial charge in [-0.05, 0) is 6.07 Å². The van der Waals surface area contributed by atoms with Gasteiger partial charge in [0.05, 0.1) is 17.2 Å². The first-order chi connectivity index (χ1) is 10.2. The average molecular weight is 354 g/mol. The maximum Gasteiger partial charge on any atom is 0.573 e. The van der Waals surface area contributed by atoms with E-state index < -0.39 is 17.0 Å². The third kappa shape index (κ3) is 4.46. The van der Waals surface area contributed by atoms with Gasteiger partial charge >= 0.3 is 6.36 Å². The first-order valence-electron chi connectivity index (χ1n) is 5.63. The molecule has 0 aliphatic rings. The van der Waals surface area contributed by atoms with Crippen LogP contribution in [0.5, 0.6) is 5.75 Å². The van der Waals surface area contributed by atoms with Crippen LogP contribution >= 0.6 is 22.9 Å². The van der Waals surface area contributed by atoms with E-state index in [-0.39, 0.29) is 22.4 Å².